The minimum atomic E-state index is -1.07. The van der Waals surface area contributed by atoms with Crippen LogP contribution in [-0.4, -0.2) is 45.6 Å². The second-order valence-electron chi connectivity index (χ2n) is 11.5. The maximum absolute atomic E-state index is 14.2. The minimum Gasteiger partial charge on any atom is -0.508 e. The molecule has 4 atom stereocenters. The maximum atomic E-state index is 14.2. The van der Waals surface area contributed by atoms with E-state index in [-0.39, 0.29) is 36.1 Å². The number of hydrogen-bond donors (Lipinski definition) is 3. The molecule has 0 spiro atoms. The van der Waals surface area contributed by atoms with E-state index < -0.39 is 29.7 Å². The topological polar surface area (TPSA) is 108 Å². The van der Waals surface area contributed by atoms with Gasteiger partial charge >= 0.3 is 6.09 Å². The number of benzene rings is 2. The molecule has 4 unspecified atom stereocenters. The summed E-state index contributed by atoms with van der Waals surface area (Å²) in [5, 5.41) is 16.5. The van der Waals surface area contributed by atoms with Gasteiger partial charge in [0.1, 0.15) is 23.4 Å². The summed E-state index contributed by atoms with van der Waals surface area (Å²) in [4.78, 5) is 42.2. The van der Waals surface area contributed by atoms with Crippen molar-refractivity contribution in [2.24, 2.45) is 11.8 Å². The number of nitrogens with one attached hydrogen (secondary N) is 2. The van der Waals surface area contributed by atoms with E-state index in [0.29, 0.717) is 12.0 Å². The Morgan fingerprint density at radius 2 is 1.66 bits per heavy atom. The SMILES string of the molecule is CC(C)CC(NC(=O)OC(C)(C)C)C(=O)N(C(C(=O)NCc1ccccc1)c1ccccc1O)C1CC1C. The van der Waals surface area contributed by atoms with Crippen molar-refractivity contribution in [2.45, 2.75) is 84.7 Å². The van der Waals surface area contributed by atoms with E-state index >= 15 is 0 Å². The molecule has 3 N–H and O–H groups in total. The molecule has 206 valence electrons. The van der Waals surface area contributed by atoms with Gasteiger partial charge in [0.05, 0.1) is 0 Å². The zero-order valence-electron chi connectivity index (χ0n) is 23.2. The number of phenolic OH excluding ortho intramolecular Hbond substituents is 1. The van der Waals surface area contributed by atoms with Gasteiger partial charge in [-0.1, -0.05) is 69.3 Å². The van der Waals surface area contributed by atoms with E-state index in [2.05, 4.69) is 10.6 Å². The molecule has 8 nitrogen and oxygen atoms in total. The Balaban J connectivity index is 1.97. The largest absolute Gasteiger partial charge is 0.508 e. The highest BCUT2D eigenvalue weighted by Gasteiger charge is 2.48. The van der Waals surface area contributed by atoms with Crippen LogP contribution >= 0.6 is 0 Å². The van der Waals surface area contributed by atoms with Gasteiger partial charge in [-0.15, -0.1) is 0 Å². The number of aromatic hydroxyl groups is 1. The van der Waals surface area contributed by atoms with Crippen LogP contribution in [0.1, 0.15) is 71.6 Å². The number of rotatable bonds is 10. The molecule has 0 bridgehead atoms. The number of amides is 3. The first kappa shape index (κ1) is 29.0. The van der Waals surface area contributed by atoms with Gasteiger partial charge < -0.3 is 25.4 Å². The number of phenols is 1. The summed E-state index contributed by atoms with van der Waals surface area (Å²) >= 11 is 0. The van der Waals surface area contributed by atoms with Gasteiger partial charge in [0, 0.05) is 18.2 Å². The van der Waals surface area contributed by atoms with Crippen LogP contribution in [0.4, 0.5) is 4.79 Å². The van der Waals surface area contributed by atoms with Gasteiger partial charge in [-0.05, 0) is 57.1 Å². The van der Waals surface area contributed by atoms with Crippen molar-refractivity contribution in [3.05, 3.63) is 65.7 Å². The van der Waals surface area contributed by atoms with E-state index in [4.69, 9.17) is 4.74 Å². The molecule has 0 heterocycles. The van der Waals surface area contributed by atoms with Gasteiger partial charge in [-0.2, -0.15) is 0 Å². The molecule has 0 radical (unpaired) electrons. The lowest BCUT2D eigenvalue weighted by atomic mass is 9.98. The monoisotopic (exact) mass is 523 g/mol. The van der Waals surface area contributed by atoms with Crippen LogP contribution in [0.15, 0.2) is 54.6 Å². The molecule has 1 aliphatic rings. The summed E-state index contributed by atoms with van der Waals surface area (Å²) in [5.41, 5.74) is 0.528. The van der Waals surface area contributed by atoms with Crippen molar-refractivity contribution in [1.82, 2.24) is 15.5 Å². The molecule has 1 fully saturated rings. The number of carbonyl (C=O) groups is 3. The standard InChI is InChI=1S/C30H41N3O5/c1-19(2)16-23(32-29(37)38-30(4,5)6)28(36)33(24-17-20(24)3)26(22-14-10-11-15-25(22)34)27(35)31-18-21-12-8-7-9-13-21/h7-15,19-20,23-24,26,34H,16-18H2,1-6H3,(H,31,35)(H,32,37). The highest BCUT2D eigenvalue weighted by molar-refractivity contribution is 5.93. The zero-order valence-corrected chi connectivity index (χ0v) is 23.2. The highest BCUT2D eigenvalue weighted by Crippen LogP contribution is 2.42. The molecule has 1 saturated carbocycles. The predicted molar refractivity (Wildman–Crippen MR) is 146 cm³/mol. The highest BCUT2D eigenvalue weighted by atomic mass is 16.6. The summed E-state index contributed by atoms with van der Waals surface area (Å²) in [6.45, 7) is 11.5. The first-order chi connectivity index (χ1) is 17.9. The van der Waals surface area contributed by atoms with Crippen LogP contribution in [-0.2, 0) is 20.9 Å². The fourth-order valence-corrected chi connectivity index (χ4v) is 4.51. The molecular weight excluding hydrogens is 482 g/mol. The van der Waals surface area contributed by atoms with E-state index in [1.54, 1.807) is 43.9 Å². The van der Waals surface area contributed by atoms with Gasteiger partial charge in [-0.3, -0.25) is 9.59 Å². The Hall–Kier alpha value is -3.55. The third-order valence-electron chi connectivity index (χ3n) is 6.44. The Labute approximate surface area is 225 Å². The van der Waals surface area contributed by atoms with Crippen molar-refractivity contribution < 1.29 is 24.2 Å². The van der Waals surface area contributed by atoms with E-state index in [1.807, 2.05) is 51.1 Å². The Morgan fingerprint density at radius 1 is 1.05 bits per heavy atom. The molecule has 3 rings (SSSR count). The Bertz CT molecular complexity index is 1110. The van der Waals surface area contributed by atoms with Crippen LogP contribution in [0.25, 0.3) is 0 Å². The van der Waals surface area contributed by atoms with Gasteiger partial charge in [0.15, 0.2) is 0 Å². The fraction of sp³-hybridized carbons (Fsp3) is 0.500. The molecule has 0 saturated heterocycles. The first-order valence-electron chi connectivity index (χ1n) is 13.3. The Morgan fingerprint density at radius 3 is 2.21 bits per heavy atom. The lowest BCUT2D eigenvalue weighted by molar-refractivity contribution is -0.143. The second-order valence-corrected chi connectivity index (χ2v) is 11.5. The molecule has 0 aromatic heterocycles. The van der Waals surface area contributed by atoms with Gasteiger partial charge in [0.2, 0.25) is 11.8 Å². The van der Waals surface area contributed by atoms with Crippen molar-refractivity contribution in [1.29, 1.82) is 0 Å². The predicted octanol–water partition coefficient (Wildman–Crippen LogP) is 4.93. The molecule has 2 aromatic carbocycles. The molecule has 2 aromatic rings. The van der Waals surface area contributed by atoms with E-state index in [9.17, 15) is 19.5 Å². The van der Waals surface area contributed by atoms with Gasteiger partial charge in [0.25, 0.3) is 0 Å². The minimum absolute atomic E-state index is 0.0704. The number of ether oxygens (including phenoxy) is 1. The number of carbonyl (C=O) groups excluding carboxylic acids is 3. The first-order valence-corrected chi connectivity index (χ1v) is 13.3. The summed E-state index contributed by atoms with van der Waals surface area (Å²) in [6.07, 6.45) is 0.408. The number of nitrogens with zero attached hydrogens (tertiary/aromatic N) is 1. The van der Waals surface area contributed by atoms with E-state index in [0.717, 1.165) is 12.0 Å². The average molecular weight is 524 g/mol. The summed E-state index contributed by atoms with van der Waals surface area (Å²) < 4.78 is 5.44. The van der Waals surface area contributed by atoms with Crippen LogP contribution in [0.2, 0.25) is 0 Å². The summed E-state index contributed by atoms with van der Waals surface area (Å²) in [6, 6.07) is 13.9. The van der Waals surface area contributed by atoms with Gasteiger partial charge in [-0.25, -0.2) is 4.79 Å². The normalized spacial score (nSPS) is 18.3. The lowest BCUT2D eigenvalue weighted by Crippen LogP contribution is -2.54. The zero-order chi connectivity index (χ0) is 28.0. The lowest BCUT2D eigenvalue weighted by Gasteiger charge is -2.35. The van der Waals surface area contributed by atoms with Crippen molar-refractivity contribution in [3.63, 3.8) is 0 Å². The van der Waals surface area contributed by atoms with Crippen molar-refractivity contribution in [2.75, 3.05) is 0 Å². The molecular formula is C30H41N3O5. The van der Waals surface area contributed by atoms with Crippen molar-refractivity contribution >= 4 is 17.9 Å². The van der Waals surface area contributed by atoms with Crippen LogP contribution < -0.4 is 10.6 Å². The third-order valence-corrected chi connectivity index (χ3v) is 6.44. The molecule has 0 aliphatic heterocycles. The molecule has 8 heteroatoms. The quantitative estimate of drug-likeness (QED) is 0.409. The number of para-hydroxylation sites is 1. The molecule has 1 aliphatic carbocycles. The average Bonchev–Trinajstić information content (AvgIpc) is 3.55. The fourth-order valence-electron chi connectivity index (χ4n) is 4.51. The smallest absolute Gasteiger partial charge is 0.408 e. The van der Waals surface area contributed by atoms with Crippen molar-refractivity contribution in [3.8, 4) is 5.75 Å². The maximum Gasteiger partial charge on any atom is 0.408 e. The van der Waals surface area contributed by atoms with Crippen LogP contribution in [0, 0.1) is 11.8 Å². The van der Waals surface area contributed by atoms with Crippen LogP contribution in [0.3, 0.4) is 0 Å². The molecule has 38 heavy (non-hydrogen) atoms. The molecule has 3 amide bonds. The summed E-state index contributed by atoms with van der Waals surface area (Å²) in [7, 11) is 0. The third kappa shape index (κ3) is 7.97. The Kier molecular flexibility index (Phi) is 9.41. The second kappa shape index (κ2) is 12.3. The number of hydrogen-bond acceptors (Lipinski definition) is 5. The van der Waals surface area contributed by atoms with Crippen LogP contribution in [0.5, 0.6) is 5.75 Å². The number of alkyl carbamates (subject to hydrolysis) is 1. The summed E-state index contributed by atoms with van der Waals surface area (Å²) in [5.74, 6) is -0.576. The van der Waals surface area contributed by atoms with E-state index in [1.165, 1.54) is 6.07 Å².